The number of halogens is 2. The number of fused-ring (bicyclic) bond motifs is 6. The highest BCUT2D eigenvalue weighted by atomic mass is 35.5. The topological polar surface area (TPSA) is 233 Å². The first kappa shape index (κ1) is 57.7. The highest BCUT2D eigenvalue weighted by Crippen LogP contribution is 2.42. The van der Waals surface area contributed by atoms with E-state index in [0.29, 0.717) is 68.7 Å². The van der Waals surface area contributed by atoms with Gasteiger partial charge in [-0.1, -0.05) is 59.7 Å². The second kappa shape index (κ2) is 22.7. The summed E-state index contributed by atoms with van der Waals surface area (Å²) in [5.74, 6) is 2.78. The number of pyridine rings is 3. The molecule has 86 heavy (non-hydrogen) atoms. The van der Waals surface area contributed by atoms with Gasteiger partial charge < -0.3 is 34.7 Å². The summed E-state index contributed by atoms with van der Waals surface area (Å²) >= 11 is 12.6. The van der Waals surface area contributed by atoms with E-state index in [2.05, 4.69) is 138 Å². The summed E-state index contributed by atoms with van der Waals surface area (Å²) in [7, 11) is -4.35. The van der Waals surface area contributed by atoms with Crippen molar-refractivity contribution in [2.75, 3.05) is 88.2 Å². The Morgan fingerprint density at radius 2 is 0.884 bits per heavy atom. The van der Waals surface area contributed by atoms with E-state index < -0.39 is 19.7 Å². The monoisotopic (exact) mass is 1240 g/mol. The van der Waals surface area contributed by atoms with E-state index in [-0.39, 0.29) is 34.4 Å². The van der Waals surface area contributed by atoms with Gasteiger partial charge in [0, 0.05) is 192 Å². The Kier molecular flexibility index (Phi) is 15.3. The Labute approximate surface area is 511 Å². The zero-order valence-electron chi connectivity index (χ0n) is 48.9. The molecule has 6 aromatic rings. The third kappa shape index (κ3) is 10.9. The standard InChI is InChI=1S/C21H23ClN6O.C20H22ClN5O2S.C20H23N5O2S/c1-12-6-17-15(20(25-11-24-17)27-8-13(9-27)21(29)23-2)10-28(12)18-7-19(22)26-16-5-3-4-14(16)18;1-12-6-17-15(20(23-11-22-17)25-8-13(9-25)29(2,27)28)10-26(12)18-7-19(21)24-16-5-3-4-14(16)18;1-13-8-18-16(11-25(13)19-6-7-21-17-5-3-4-15(17)19)20(23-12-22-18)24-9-14(10-24)28(2,26)27/h3-4,7,11-13H,5-6,8-10H2,1-2H3,(H,23,29);3-4,7,11-13H,5-6,8-10H2,1-2H3;3-4,6-7,12-14H,5,8-11H2,1-2H3/t2*12-;13-/m111/s1. The van der Waals surface area contributed by atoms with Crippen LogP contribution in [-0.4, -0.2) is 155 Å². The van der Waals surface area contributed by atoms with Crippen LogP contribution in [0.5, 0.6) is 0 Å². The summed E-state index contributed by atoms with van der Waals surface area (Å²) in [6, 6.07) is 6.84. The molecule has 0 bridgehead atoms. The molecule has 1 N–H and O–H groups in total. The highest BCUT2D eigenvalue weighted by Gasteiger charge is 2.42. The van der Waals surface area contributed by atoms with Crippen molar-refractivity contribution < 1.29 is 21.6 Å². The molecule has 0 radical (unpaired) electrons. The Morgan fingerprint density at radius 1 is 0.512 bits per heavy atom. The van der Waals surface area contributed by atoms with Gasteiger partial charge in [0.1, 0.15) is 46.7 Å². The lowest BCUT2D eigenvalue weighted by atomic mass is 9.95. The van der Waals surface area contributed by atoms with E-state index in [1.165, 1.54) is 23.8 Å². The van der Waals surface area contributed by atoms with Crippen LogP contribution in [0.25, 0.3) is 18.2 Å². The summed E-state index contributed by atoms with van der Waals surface area (Å²) < 4.78 is 47.2. The number of carbonyl (C=O) groups is 1. The number of nitrogens with zero attached hydrogens (tertiary/aromatic N) is 15. The molecule has 25 heteroatoms. The van der Waals surface area contributed by atoms with Gasteiger partial charge in [-0.25, -0.2) is 56.7 Å². The molecule has 1 amide bonds. The maximum atomic E-state index is 11.9. The number of rotatable bonds is 9. The largest absolute Gasteiger partial charge is 0.363 e. The predicted octanol–water partition coefficient (Wildman–Crippen LogP) is 6.13. The molecule has 21 nitrogen and oxygen atoms in total. The van der Waals surface area contributed by atoms with Gasteiger partial charge in [0.15, 0.2) is 19.7 Å². The molecule has 12 heterocycles. The van der Waals surface area contributed by atoms with Gasteiger partial charge in [-0.15, -0.1) is 0 Å². The van der Waals surface area contributed by atoms with E-state index in [9.17, 15) is 21.6 Å². The fraction of sp³-hybridized carbons (Fsp3) is 0.443. The van der Waals surface area contributed by atoms with Crippen molar-refractivity contribution in [2.24, 2.45) is 5.92 Å². The molecular weight excluding hydrogens is 1170 g/mol. The number of aromatic nitrogens is 9. The van der Waals surface area contributed by atoms with Gasteiger partial charge in [-0.2, -0.15) is 0 Å². The summed E-state index contributed by atoms with van der Waals surface area (Å²) in [5.41, 5.74) is 16.6. The van der Waals surface area contributed by atoms with Gasteiger partial charge in [0.05, 0.1) is 50.6 Å². The van der Waals surface area contributed by atoms with Gasteiger partial charge in [-0.3, -0.25) is 9.78 Å². The SMILES string of the molecule is CNC(=O)C1CN(c2ncnc3c2CN(c2cc(Cl)nc4c2C=CC4)[C@H](C)C3)C1.C[C@@H]1Cc2ncnc(N3CC(S(C)(=O)=O)C3)c2CN1c1cc(Cl)nc2c1C=CC2.C[C@@H]1Cc2ncnc(N3CC(S(C)(=O)=O)C3)c2CN1c1ccnc2c1C=CC2. The van der Waals surface area contributed by atoms with Gasteiger partial charge in [0.25, 0.3) is 0 Å². The molecule has 0 spiro atoms. The summed E-state index contributed by atoms with van der Waals surface area (Å²) in [5, 5.41) is 3.14. The number of hydrogen-bond donors (Lipinski definition) is 1. The smallest absolute Gasteiger partial charge is 0.226 e. The van der Waals surface area contributed by atoms with Gasteiger partial charge >= 0.3 is 0 Å². The number of allylic oxidation sites excluding steroid dienone is 3. The van der Waals surface area contributed by atoms with Crippen molar-refractivity contribution >= 4 is 102 Å². The number of anilines is 6. The molecule has 448 valence electrons. The van der Waals surface area contributed by atoms with Crippen LogP contribution < -0.4 is 34.7 Å². The number of carbonyl (C=O) groups excluding carboxylic acids is 1. The zero-order chi connectivity index (χ0) is 59.9. The van der Waals surface area contributed by atoms with Crippen molar-refractivity contribution in [3.63, 3.8) is 0 Å². The maximum absolute atomic E-state index is 11.9. The fourth-order valence-corrected chi connectivity index (χ4v) is 15.5. The Morgan fingerprint density at radius 3 is 1.28 bits per heavy atom. The van der Waals surface area contributed by atoms with Crippen LogP contribution in [0.3, 0.4) is 0 Å². The Balaban J connectivity index is 0.000000120. The molecule has 6 aliphatic heterocycles. The minimum Gasteiger partial charge on any atom is -0.363 e. The number of hydrogen-bond acceptors (Lipinski definition) is 20. The molecule has 3 atom stereocenters. The average Bonchev–Trinajstić information content (AvgIpc) is 1.35. The van der Waals surface area contributed by atoms with Crippen molar-refractivity contribution in [2.45, 2.75) is 108 Å². The molecule has 0 unspecified atom stereocenters. The second-order valence-corrected chi connectivity index (χ2v) is 29.4. The van der Waals surface area contributed by atoms with Crippen LogP contribution in [0, 0.1) is 5.92 Å². The van der Waals surface area contributed by atoms with Crippen LogP contribution >= 0.6 is 23.2 Å². The summed E-state index contributed by atoms with van der Waals surface area (Å²) in [4.78, 5) is 66.0. The lowest BCUT2D eigenvalue weighted by molar-refractivity contribution is -0.125. The highest BCUT2D eigenvalue weighted by molar-refractivity contribution is 7.91. The third-order valence-corrected chi connectivity index (χ3v) is 21.7. The molecular formula is C61H68Cl2N16O5S2. The van der Waals surface area contributed by atoms with Crippen LogP contribution in [0.4, 0.5) is 34.5 Å². The fourth-order valence-electron chi connectivity index (χ4n) is 13.3. The zero-order valence-corrected chi connectivity index (χ0v) is 52.0. The van der Waals surface area contributed by atoms with Gasteiger partial charge in [-0.05, 0) is 39.0 Å². The van der Waals surface area contributed by atoms with Crippen LogP contribution in [0.15, 0.2) is 61.6 Å². The Bertz CT molecular complexity index is 4040. The van der Waals surface area contributed by atoms with E-state index in [1.54, 1.807) is 26.0 Å². The average molecular weight is 1240 g/mol. The summed E-state index contributed by atoms with van der Waals surface area (Å²) in [6.45, 7) is 12.1. The normalized spacial score (nSPS) is 21.0. The van der Waals surface area contributed by atoms with Gasteiger partial charge in [0.2, 0.25) is 5.91 Å². The first-order valence-electron chi connectivity index (χ1n) is 29.3. The minimum absolute atomic E-state index is 0.0247. The number of nitrogens with one attached hydrogen (secondary N) is 1. The first-order chi connectivity index (χ1) is 41.3. The quantitative estimate of drug-likeness (QED) is 0.160. The molecule has 3 saturated heterocycles. The van der Waals surface area contributed by atoms with Crippen molar-refractivity contribution in [3.05, 3.63) is 139 Å². The van der Waals surface area contributed by atoms with E-state index >= 15 is 0 Å². The Hall–Kier alpha value is -7.34. The van der Waals surface area contributed by atoms with Crippen molar-refractivity contribution in [1.82, 2.24) is 50.2 Å². The molecule has 6 aromatic heterocycles. The van der Waals surface area contributed by atoms with Crippen molar-refractivity contribution in [3.8, 4) is 0 Å². The van der Waals surface area contributed by atoms with Crippen LogP contribution in [0.1, 0.15) is 88.3 Å². The lowest BCUT2D eigenvalue weighted by Gasteiger charge is -2.43. The number of amides is 1. The lowest BCUT2D eigenvalue weighted by Crippen LogP contribution is -2.55. The molecule has 3 aliphatic carbocycles. The third-order valence-electron chi connectivity index (χ3n) is 18.3. The molecule has 9 aliphatic rings. The predicted molar refractivity (Wildman–Crippen MR) is 337 cm³/mol. The molecule has 3 fully saturated rings. The maximum Gasteiger partial charge on any atom is 0.226 e. The number of sulfone groups is 2. The summed E-state index contributed by atoms with van der Waals surface area (Å²) in [6.07, 6.45) is 27.2. The molecule has 15 rings (SSSR count). The van der Waals surface area contributed by atoms with Crippen LogP contribution in [0.2, 0.25) is 10.3 Å². The minimum atomic E-state index is -3.03. The van der Waals surface area contributed by atoms with E-state index in [1.807, 2.05) is 23.2 Å². The van der Waals surface area contributed by atoms with E-state index in [0.717, 1.165) is 136 Å². The second-order valence-electron chi connectivity index (χ2n) is 24.0. The van der Waals surface area contributed by atoms with E-state index in [4.69, 9.17) is 23.2 Å². The molecule has 0 aromatic carbocycles. The van der Waals surface area contributed by atoms with Crippen LogP contribution in [-0.2, 0) is 82.6 Å². The first-order valence-corrected chi connectivity index (χ1v) is 33.9. The molecule has 0 saturated carbocycles. The van der Waals surface area contributed by atoms with Crippen molar-refractivity contribution in [1.29, 1.82) is 0 Å².